The lowest BCUT2D eigenvalue weighted by Gasteiger charge is -2.35. The lowest BCUT2D eigenvalue weighted by molar-refractivity contribution is 0.400. The molecule has 18 heavy (non-hydrogen) atoms. The van der Waals surface area contributed by atoms with Gasteiger partial charge in [-0.2, -0.15) is 4.98 Å². The second-order valence-corrected chi connectivity index (χ2v) is 6.00. The molecular formula is C13H18N4S. The normalized spacial score (nSPS) is 15.9. The fourth-order valence-corrected chi connectivity index (χ4v) is 3.33. The number of nitrogen functional groups attached to an aromatic ring is 1. The molecule has 0 amide bonds. The van der Waals surface area contributed by atoms with Gasteiger partial charge in [-0.3, -0.25) is 0 Å². The quantitative estimate of drug-likeness (QED) is 0.924. The van der Waals surface area contributed by atoms with Crippen LogP contribution in [0.4, 0.5) is 11.8 Å². The summed E-state index contributed by atoms with van der Waals surface area (Å²) in [5, 5.41) is 1.15. The third kappa shape index (κ3) is 1.82. The summed E-state index contributed by atoms with van der Waals surface area (Å²) >= 11 is 1.72. The molecule has 0 saturated heterocycles. The van der Waals surface area contributed by atoms with Gasteiger partial charge in [-0.15, -0.1) is 11.3 Å². The third-order valence-corrected chi connectivity index (χ3v) is 4.92. The van der Waals surface area contributed by atoms with E-state index in [1.807, 2.05) is 0 Å². The summed E-state index contributed by atoms with van der Waals surface area (Å²) in [5.41, 5.74) is 5.83. The molecule has 0 atom stereocenters. The number of nitrogens with two attached hydrogens (primary N) is 1. The topological polar surface area (TPSA) is 55.0 Å². The summed E-state index contributed by atoms with van der Waals surface area (Å²) in [6.45, 7) is 2.16. The van der Waals surface area contributed by atoms with Crippen LogP contribution in [0.25, 0.3) is 10.2 Å². The number of hydrogen-bond donors (Lipinski definition) is 1. The fraction of sp³-hybridized carbons (Fsp3) is 0.538. The standard InChI is InChI=1S/C13H18N4S/c1-3-9-7-10-11(17(2)8-5-4-6-8)15-13(14)16-12(10)18-9/h7-8H,3-6H2,1-2H3,(H2,14,15,16). The third-order valence-electron chi connectivity index (χ3n) is 3.75. The molecule has 0 spiro atoms. The van der Waals surface area contributed by atoms with Gasteiger partial charge >= 0.3 is 0 Å². The van der Waals surface area contributed by atoms with Gasteiger partial charge in [0.2, 0.25) is 5.95 Å². The monoisotopic (exact) mass is 262 g/mol. The second-order valence-electron chi connectivity index (χ2n) is 4.89. The maximum Gasteiger partial charge on any atom is 0.223 e. The van der Waals surface area contributed by atoms with Crippen LogP contribution in [-0.4, -0.2) is 23.1 Å². The summed E-state index contributed by atoms with van der Waals surface area (Å²) < 4.78 is 0. The van der Waals surface area contributed by atoms with Crippen molar-refractivity contribution in [2.75, 3.05) is 17.7 Å². The first-order valence-electron chi connectivity index (χ1n) is 6.47. The first-order chi connectivity index (χ1) is 8.69. The Kier molecular flexibility index (Phi) is 2.86. The maximum absolute atomic E-state index is 5.83. The zero-order valence-electron chi connectivity index (χ0n) is 10.8. The zero-order chi connectivity index (χ0) is 12.7. The highest BCUT2D eigenvalue weighted by Gasteiger charge is 2.25. The lowest BCUT2D eigenvalue weighted by atomic mass is 9.92. The van der Waals surface area contributed by atoms with Crippen LogP contribution in [0.5, 0.6) is 0 Å². The van der Waals surface area contributed by atoms with Crippen LogP contribution in [0.1, 0.15) is 31.1 Å². The summed E-state index contributed by atoms with van der Waals surface area (Å²) in [7, 11) is 2.12. The average Bonchev–Trinajstić information content (AvgIpc) is 2.68. The van der Waals surface area contributed by atoms with Crippen molar-refractivity contribution in [1.29, 1.82) is 0 Å². The number of fused-ring (bicyclic) bond motifs is 1. The van der Waals surface area contributed by atoms with Crippen molar-refractivity contribution in [3.63, 3.8) is 0 Å². The Labute approximate surface area is 111 Å². The van der Waals surface area contributed by atoms with E-state index in [1.165, 1.54) is 24.1 Å². The highest BCUT2D eigenvalue weighted by Crippen LogP contribution is 2.35. The summed E-state index contributed by atoms with van der Waals surface area (Å²) in [6.07, 6.45) is 4.87. The Morgan fingerprint density at radius 1 is 1.44 bits per heavy atom. The molecule has 0 unspecified atom stereocenters. The van der Waals surface area contributed by atoms with Crippen molar-refractivity contribution in [1.82, 2.24) is 9.97 Å². The molecule has 1 aliphatic rings. The van der Waals surface area contributed by atoms with E-state index in [0.717, 1.165) is 22.5 Å². The van der Waals surface area contributed by atoms with Crippen molar-refractivity contribution >= 4 is 33.3 Å². The molecule has 0 aromatic carbocycles. The largest absolute Gasteiger partial charge is 0.368 e. The van der Waals surface area contributed by atoms with Crippen molar-refractivity contribution in [3.05, 3.63) is 10.9 Å². The average molecular weight is 262 g/mol. The van der Waals surface area contributed by atoms with Gasteiger partial charge in [0.15, 0.2) is 0 Å². The van der Waals surface area contributed by atoms with Gasteiger partial charge in [0.05, 0.1) is 5.39 Å². The minimum Gasteiger partial charge on any atom is -0.368 e. The summed E-state index contributed by atoms with van der Waals surface area (Å²) in [6, 6.07) is 2.83. The SMILES string of the molecule is CCc1cc2c(N(C)C3CCC3)nc(N)nc2s1. The Hall–Kier alpha value is -1.36. The Morgan fingerprint density at radius 3 is 2.83 bits per heavy atom. The molecular weight excluding hydrogens is 244 g/mol. The van der Waals surface area contributed by atoms with Crippen molar-refractivity contribution < 1.29 is 0 Å². The van der Waals surface area contributed by atoms with Crippen LogP contribution >= 0.6 is 11.3 Å². The van der Waals surface area contributed by atoms with Gasteiger partial charge < -0.3 is 10.6 Å². The molecule has 1 aliphatic carbocycles. The van der Waals surface area contributed by atoms with E-state index in [4.69, 9.17) is 5.73 Å². The Bertz CT molecular complexity index is 574. The minimum absolute atomic E-state index is 0.383. The van der Waals surface area contributed by atoms with Crippen molar-refractivity contribution in [3.8, 4) is 0 Å². The number of anilines is 2. The van der Waals surface area contributed by atoms with Crippen LogP contribution < -0.4 is 10.6 Å². The molecule has 0 radical (unpaired) electrons. The molecule has 4 nitrogen and oxygen atoms in total. The Morgan fingerprint density at radius 2 is 2.22 bits per heavy atom. The van der Waals surface area contributed by atoms with Gasteiger partial charge in [0, 0.05) is 18.0 Å². The predicted molar refractivity (Wildman–Crippen MR) is 77.2 cm³/mol. The van der Waals surface area contributed by atoms with E-state index in [2.05, 4.69) is 34.9 Å². The number of rotatable bonds is 3. The molecule has 2 aromatic rings. The number of nitrogens with zero attached hydrogens (tertiary/aromatic N) is 3. The van der Waals surface area contributed by atoms with E-state index < -0.39 is 0 Å². The Balaban J connectivity index is 2.10. The number of hydrogen-bond acceptors (Lipinski definition) is 5. The summed E-state index contributed by atoms with van der Waals surface area (Å²) in [5.74, 6) is 1.38. The molecule has 2 N–H and O–H groups in total. The van der Waals surface area contributed by atoms with Crippen molar-refractivity contribution in [2.24, 2.45) is 0 Å². The molecule has 96 valence electrons. The molecule has 0 bridgehead atoms. The molecule has 2 heterocycles. The first-order valence-corrected chi connectivity index (χ1v) is 7.29. The second kappa shape index (κ2) is 4.39. The minimum atomic E-state index is 0.383. The zero-order valence-corrected chi connectivity index (χ0v) is 11.6. The van der Waals surface area contributed by atoms with Crippen LogP contribution in [0.3, 0.4) is 0 Å². The van der Waals surface area contributed by atoms with Crippen LogP contribution in [0, 0.1) is 0 Å². The number of aryl methyl sites for hydroxylation is 1. The van der Waals surface area contributed by atoms with Gasteiger partial charge in [-0.05, 0) is 31.7 Å². The first kappa shape index (κ1) is 11.7. The molecule has 1 saturated carbocycles. The van der Waals surface area contributed by atoms with E-state index in [0.29, 0.717) is 12.0 Å². The molecule has 2 aromatic heterocycles. The van der Waals surface area contributed by atoms with E-state index in [9.17, 15) is 0 Å². The maximum atomic E-state index is 5.83. The molecule has 5 heteroatoms. The smallest absolute Gasteiger partial charge is 0.223 e. The summed E-state index contributed by atoms with van der Waals surface area (Å²) in [4.78, 5) is 13.4. The highest BCUT2D eigenvalue weighted by atomic mass is 32.1. The lowest BCUT2D eigenvalue weighted by Crippen LogP contribution is -2.37. The van der Waals surface area contributed by atoms with Crippen molar-refractivity contribution in [2.45, 2.75) is 38.6 Å². The molecule has 0 aliphatic heterocycles. The van der Waals surface area contributed by atoms with Gasteiger partial charge in [0.25, 0.3) is 0 Å². The fourth-order valence-electron chi connectivity index (χ4n) is 2.36. The van der Waals surface area contributed by atoms with E-state index in [-0.39, 0.29) is 0 Å². The van der Waals surface area contributed by atoms with Crippen LogP contribution in [0.15, 0.2) is 6.07 Å². The van der Waals surface area contributed by atoms with Gasteiger partial charge in [0.1, 0.15) is 10.6 Å². The highest BCUT2D eigenvalue weighted by molar-refractivity contribution is 7.18. The van der Waals surface area contributed by atoms with Gasteiger partial charge in [-0.1, -0.05) is 6.92 Å². The van der Waals surface area contributed by atoms with Gasteiger partial charge in [-0.25, -0.2) is 4.98 Å². The number of aromatic nitrogens is 2. The predicted octanol–water partition coefficient (Wildman–Crippen LogP) is 2.82. The van der Waals surface area contributed by atoms with Crippen LogP contribution in [0.2, 0.25) is 0 Å². The molecule has 3 rings (SSSR count). The van der Waals surface area contributed by atoms with Crippen LogP contribution in [-0.2, 0) is 6.42 Å². The number of thiophene rings is 1. The van der Waals surface area contributed by atoms with E-state index >= 15 is 0 Å². The van der Waals surface area contributed by atoms with E-state index in [1.54, 1.807) is 11.3 Å². The molecule has 1 fully saturated rings.